The van der Waals surface area contributed by atoms with Crippen molar-refractivity contribution in [1.29, 1.82) is 0 Å². The molecule has 0 saturated carbocycles. The molecule has 0 aromatic rings. The summed E-state index contributed by atoms with van der Waals surface area (Å²) in [5.74, 6) is 0. The Morgan fingerprint density at radius 3 is 1.89 bits per heavy atom. The van der Waals surface area contributed by atoms with Gasteiger partial charge in [-0.25, -0.2) is 0 Å². The summed E-state index contributed by atoms with van der Waals surface area (Å²) < 4.78 is 0. The zero-order valence-electron chi connectivity index (χ0n) is 7.28. The average molecular weight is 128 g/mol. The topological polar surface area (TPSA) is 0 Å². The average Bonchev–Trinajstić information content (AvgIpc) is 1.94. The monoisotopic (exact) mass is 128 g/mol. The first kappa shape index (κ1) is 11.5. The molecule has 0 fully saturated rings. The van der Waals surface area contributed by atoms with Crippen LogP contribution in [0.1, 0.15) is 47.0 Å². The van der Waals surface area contributed by atoms with E-state index >= 15 is 0 Å². The number of hydrogen-bond acceptors (Lipinski definition) is 0. The summed E-state index contributed by atoms with van der Waals surface area (Å²) in [5.41, 5.74) is 0. The lowest BCUT2D eigenvalue weighted by Gasteiger charge is -1.79. The number of hydrogen-bond donors (Lipinski definition) is 0. The third-order valence-corrected chi connectivity index (χ3v) is 0.858. The standard InChI is InChI=1S/C7H14.C2H6/c1-3-5-7-6-4-2;1-2/h5,7H,3-4,6H2,1-2H3;1-2H3/b7-5-;. The van der Waals surface area contributed by atoms with Gasteiger partial charge in [0.05, 0.1) is 0 Å². The SMILES string of the molecule is CC.CC/C=C\CCC. The Balaban J connectivity index is 0. The van der Waals surface area contributed by atoms with Crippen LogP contribution in [0.25, 0.3) is 0 Å². The summed E-state index contributed by atoms with van der Waals surface area (Å²) in [7, 11) is 0. The third kappa shape index (κ3) is 18.2. The van der Waals surface area contributed by atoms with Crippen LogP contribution in [0.3, 0.4) is 0 Å². The Morgan fingerprint density at radius 2 is 1.56 bits per heavy atom. The maximum atomic E-state index is 2.24. The predicted molar refractivity (Wildman–Crippen MR) is 45.7 cm³/mol. The van der Waals surface area contributed by atoms with Gasteiger partial charge in [-0.05, 0) is 12.8 Å². The van der Waals surface area contributed by atoms with E-state index in [0.29, 0.717) is 0 Å². The van der Waals surface area contributed by atoms with Crippen LogP contribution >= 0.6 is 0 Å². The molecule has 0 aromatic heterocycles. The molecule has 56 valence electrons. The van der Waals surface area contributed by atoms with Gasteiger partial charge in [0.2, 0.25) is 0 Å². The molecular formula is C9H20. The molecule has 9 heavy (non-hydrogen) atoms. The molecule has 0 aliphatic carbocycles. The lowest BCUT2D eigenvalue weighted by atomic mass is 10.3. The largest absolute Gasteiger partial charge is 0.0888 e. The van der Waals surface area contributed by atoms with E-state index in [1.54, 1.807) is 0 Å². The molecule has 0 radical (unpaired) electrons. The van der Waals surface area contributed by atoms with Crippen molar-refractivity contribution in [2.45, 2.75) is 47.0 Å². The van der Waals surface area contributed by atoms with Crippen LogP contribution in [-0.2, 0) is 0 Å². The lowest BCUT2D eigenvalue weighted by Crippen LogP contribution is -1.58. The molecule has 0 atom stereocenters. The molecule has 0 heteroatoms. The first-order valence-electron chi connectivity index (χ1n) is 4.06. The fraction of sp³-hybridized carbons (Fsp3) is 0.778. The van der Waals surface area contributed by atoms with Crippen molar-refractivity contribution in [2.24, 2.45) is 0 Å². The molecule has 0 aliphatic rings. The predicted octanol–water partition coefficient (Wildman–Crippen LogP) is 3.78. The van der Waals surface area contributed by atoms with Crippen LogP contribution in [-0.4, -0.2) is 0 Å². The van der Waals surface area contributed by atoms with Crippen LogP contribution in [0.2, 0.25) is 0 Å². The highest BCUT2D eigenvalue weighted by molar-refractivity contribution is 4.78. The Bertz CT molecular complexity index is 44.0. The maximum Gasteiger partial charge on any atom is -0.0353 e. The van der Waals surface area contributed by atoms with E-state index in [2.05, 4.69) is 26.0 Å². The van der Waals surface area contributed by atoms with Crippen molar-refractivity contribution in [2.75, 3.05) is 0 Å². The molecule has 0 N–H and O–H groups in total. The Morgan fingerprint density at radius 1 is 1.00 bits per heavy atom. The molecule has 0 bridgehead atoms. The van der Waals surface area contributed by atoms with Crippen LogP contribution in [0, 0.1) is 0 Å². The van der Waals surface area contributed by atoms with Crippen molar-refractivity contribution >= 4 is 0 Å². The van der Waals surface area contributed by atoms with Gasteiger partial charge in [-0.1, -0.05) is 46.3 Å². The lowest BCUT2D eigenvalue weighted by molar-refractivity contribution is 0.952. The van der Waals surface area contributed by atoms with Crippen LogP contribution in [0.5, 0.6) is 0 Å². The van der Waals surface area contributed by atoms with Crippen molar-refractivity contribution in [3.63, 3.8) is 0 Å². The van der Waals surface area contributed by atoms with E-state index in [0.717, 1.165) is 0 Å². The van der Waals surface area contributed by atoms with Gasteiger partial charge in [-0.2, -0.15) is 0 Å². The highest BCUT2D eigenvalue weighted by Gasteiger charge is 1.68. The zero-order chi connectivity index (χ0) is 7.54. The number of rotatable bonds is 3. The smallest absolute Gasteiger partial charge is 0.0353 e. The molecule has 0 spiro atoms. The fourth-order valence-corrected chi connectivity index (χ4v) is 0.451. The summed E-state index contributed by atoms with van der Waals surface area (Å²) in [5, 5.41) is 0. The van der Waals surface area contributed by atoms with Crippen molar-refractivity contribution in [3.05, 3.63) is 12.2 Å². The van der Waals surface area contributed by atoms with E-state index in [1.165, 1.54) is 19.3 Å². The van der Waals surface area contributed by atoms with E-state index in [9.17, 15) is 0 Å². The maximum absolute atomic E-state index is 2.24. The highest BCUT2D eigenvalue weighted by Crippen LogP contribution is 1.88. The number of unbranched alkanes of at least 4 members (excludes halogenated alkanes) is 1. The van der Waals surface area contributed by atoms with E-state index < -0.39 is 0 Å². The molecule has 0 unspecified atom stereocenters. The van der Waals surface area contributed by atoms with Gasteiger partial charge in [-0.15, -0.1) is 0 Å². The van der Waals surface area contributed by atoms with Crippen molar-refractivity contribution in [1.82, 2.24) is 0 Å². The minimum Gasteiger partial charge on any atom is -0.0888 e. The minimum absolute atomic E-state index is 1.18. The van der Waals surface area contributed by atoms with Gasteiger partial charge in [0, 0.05) is 0 Å². The van der Waals surface area contributed by atoms with Crippen LogP contribution in [0.4, 0.5) is 0 Å². The second kappa shape index (κ2) is 15.6. The second-order valence-corrected chi connectivity index (χ2v) is 1.67. The molecule has 0 heterocycles. The molecule has 0 amide bonds. The van der Waals surface area contributed by atoms with Crippen LogP contribution in [0.15, 0.2) is 12.2 Å². The molecule has 0 aliphatic heterocycles. The second-order valence-electron chi connectivity index (χ2n) is 1.67. The van der Waals surface area contributed by atoms with Crippen LogP contribution < -0.4 is 0 Å². The molecule has 0 nitrogen and oxygen atoms in total. The van der Waals surface area contributed by atoms with Gasteiger partial charge in [0.1, 0.15) is 0 Å². The quantitative estimate of drug-likeness (QED) is 0.507. The molecule has 0 saturated heterocycles. The fourth-order valence-electron chi connectivity index (χ4n) is 0.451. The summed E-state index contributed by atoms with van der Waals surface area (Å²) in [6, 6.07) is 0. The molecule has 0 rings (SSSR count). The molecule has 0 aromatic carbocycles. The Hall–Kier alpha value is -0.260. The summed E-state index contributed by atoms with van der Waals surface area (Å²) >= 11 is 0. The first-order valence-corrected chi connectivity index (χ1v) is 4.06. The molecular weight excluding hydrogens is 108 g/mol. The summed E-state index contributed by atoms with van der Waals surface area (Å²) in [4.78, 5) is 0. The normalized spacial score (nSPS) is 8.89. The zero-order valence-corrected chi connectivity index (χ0v) is 7.28. The van der Waals surface area contributed by atoms with E-state index in [4.69, 9.17) is 0 Å². The minimum atomic E-state index is 1.18. The Labute approximate surface area is 60.0 Å². The van der Waals surface area contributed by atoms with Gasteiger partial charge in [0.25, 0.3) is 0 Å². The third-order valence-electron chi connectivity index (χ3n) is 0.858. The summed E-state index contributed by atoms with van der Waals surface area (Å²) in [6.07, 6.45) is 8.15. The summed E-state index contributed by atoms with van der Waals surface area (Å²) in [6.45, 7) is 8.35. The van der Waals surface area contributed by atoms with Gasteiger partial charge in [-0.3, -0.25) is 0 Å². The van der Waals surface area contributed by atoms with Gasteiger partial charge in [0.15, 0.2) is 0 Å². The van der Waals surface area contributed by atoms with Crippen molar-refractivity contribution < 1.29 is 0 Å². The van der Waals surface area contributed by atoms with E-state index in [1.807, 2.05) is 13.8 Å². The van der Waals surface area contributed by atoms with E-state index in [-0.39, 0.29) is 0 Å². The number of allylic oxidation sites excluding steroid dienone is 2. The van der Waals surface area contributed by atoms with Gasteiger partial charge >= 0.3 is 0 Å². The first-order chi connectivity index (χ1) is 4.41. The van der Waals surface area contributed by atoms with Crippen molar-refractivity contribution in [3.8, 4) is 0 Å². The van der Waals surface area contributed by atoms with Gasteiger partial charge < -0.3 is 0 Å². The highest BCUT2D eigenvalue weighted by atomic mass is 13.7. The Kier molecular flexibility index (Phi) is 20.0.